The van der Waals surface area contributed by atoms with E-state index in [1.54, 1.807) is 13.3 Å². The van der Waals surface area contributed by atoms with E-state index in [4.69, 9.17) is 20.8 Å². The molecule has 4 heteroatoms. The first-order valence-electron chi connectivity index (χ1n) is 4.98. The average molecular weight is 238 g/mol. The molecule has 0 fully saturated rings. The lowest BCUT2D eigenvalue weighted by Gasteiger charge is -1.99. The summed E-state index contributed by atoms with van der Waals surface area (Å²) in [5.41, 5.74) is 0.932. The van der Waals surface area contributed by atoms with Crippen molar-refractivity contribution in [3.63, 3.8) is 0 Å². The van der Waals surface area contributed by atoms with E-state index in [-0.39, 0.29) is 0 Å². The Labute approximate surface area is 99.0 Å². The van der Waals surface area contributed by atoms with Gasteiger partial charge in [0.25, 0.3) is 0 Å². The molecule has 0 radical (unpaired) electrons. The number of oxazole rings is 1. The zero-order valence-corrected chi connectivity index (χ0v) is 9.70. The number of aryl methyl sites for hydroxylation is 1. The molecule has 2 rings (SSSR count). The zero-order valence-electron chi connectivity index (χ0n) is 8.94. The predicted molar refractivity (Wildman–Crippen MR) is 62.9 cm³/mol. The standard InChI is InChI=1S/C12H12ClNO2/c1-15-10-4-2-9(3-5-10)12-14-8-11(16-12)6-7-13/h2-5,8H,6-7H2,1H3. The number of halogens is 1. The molecule has 1 aromatic carbocycles. The monoisotopic (exact) mass is 237 g/mol. The van der Waals surface area contributed by atoms with Gasteiger partial charge in [-0.1, -0.05) is 0 Å². The number of benzene rings is 1. The molecule has 2 aromatic rings. The molecule has 0 unspecified atom stereocenters. The number of nitrogens with zero attached hydrogens (tertiary/aromatic N) is 1. The fourth-order valence-corrected chi connectivity index (χ4v) is 1.57. The fraction of sp³-hybridized carbons (Fsp3) is 0.250. The number of rotatable bonds is 4. The normalized spacial score (nSPS) is 10.4. The predicted octanol–water partition coefficient (Wildman–Crippen LogP) is 3.13. The highest BCUT2D eigenvalue weighted by atomic mass is 35.5. The summed E-state index contributed by atoms with van der Waals surface area (Å²) in [6, 6.07) is 7.58. The van der Waals surface area contributed by atoms with Gasteiger partial charge in [-0.15, -0.1) is 11.6 Å². The lowest BCUT2D eigenvalue weighted by Crippen LogP contribution is -1.82. The van der Waals surface area contributed by atoms with Crippen LogP contribution in [-0.2, 0) is 6.42 Å². The minimum atomic E-state index is 0.539. The Kier molecular flexibility index (Phi) is 3.47. The van der Waals surface area contributed by atoms with Gasteiger partial charge in [0.05, 0.1) is 13.3 Å². The highest BCUT2D eigenvalue weighted by molar-refractivity contribution is 6.17. The summed E-state index contributed by atoms with van der Waals surface area (Å²) in [6.07, 6.45) is 2.41. The minimum Gasteiger partial charge on any atom is -0.497 e. The summed E-state index contributed by atoms with van der Waals surface area (Å²) >= 11 is 5.63. The second-order valence-electron chi connectivity index (χ2n) is 3.30. The molecule has 0 bridgehead atoms. The van der Waals surface area contributed by atoms with Gasteiger partial charge in [-0.2, -0.15) is 0 Å². The zero-order chi connectivity index (χ0) is 11.4. The van der Waals surface area contributed by atoms with E-state index in [0.717, 1.165) is 17.1 Å². The molecule has 84 valence electrons. The van der Waals surface area contributed by atoms with Gasteiger partial charge in [-0.3, -0.25) is 0 Å². The first kappa shape index (κ1) is 11.0. The Bertz CT molecular complexity index is 450. The summed E-state index contributed by atoms with van der Waals surface area (Å²) in [7, 11) is 1.64. The third-order valence-electron chi connectivity index (χ3n) is 2.23. The molecule has 0 aliphatic heterocycles. The molecule has 0 saturated carbocycles. The summed E-state index contributed by atoms with van der Waals surface area (Å²) in [6.45, 7) is 0. The van der Waals surface area contributed by atoms with Gasteiger partial charge in [0, 0.05) is 17.9 Å². The maximum absolute atomic E-state index is 5.63. The Morgan fingerprint density at radius 2 is 2.06 bits per heavy atom. The van der Waals surface area contributed by atoms with Gasteiger partial charge in [0.1, 0.15) is 11.5 Å². The largest absolute Gasteiger partial charge is 0.497 e. The van der Waals surface area contributed by atoms with E-state index in [2.05, 4.69) is 4.98 Å². The van der Waals surface area contributed by atoms with Crippen molar-refractivity contribution in [1.29, 1.82) is 0 Å². The quantitative estimate of drug-likeness (QED) is 0.767. The molecular weight excluding hydrogens is 226 g/mol. The van der Waals surface area contributed by atoms with Crippen LogP contribution < -0.4 is 4.74 Å². The Morgan fingerprint density at radius 1 is 1.31 bits per heavy atom. The van der Waals surface area contributed by atoms with Crippen LogP contribution in [0.1, 0.15) is 5.76 Å². The molecule has 0 aliphatic carbocycles. The summed E-state index contributed by atoms with van der Waals surface area (Å²) in [5.74, 6) is 2.77. The molecule has 16 heavy (non-hydrogen) atoms. The van der Waals surface area contributed by atoms with E-state index < -0.39 is 0 Å². The molecule has 0 atom stereocenters. The van der Waals surface area contributed by atoms with E-state index in [1.807, 2.05) is 24.3 Å². The van der Waals surface area contributed by atoms with Gasteiger partial charge >= 0.3 is 0 Å². The van der Waals surface area contributed by atoms with Crippen molar-refractivity contribution < 1.29 is 9.15 Å². The molecule has 0 spiro atoms. The van der Waals surface area contributed by atoms with Gasteiger partial charge in [0.15, 0.2) is 0 Å². The number of methoxy groups -OCH3 is 1. The number of aromatic nitrogens is 1. The second kappa shape index (κ2) is 5.03. The van der Waals surface area contributed by atoms with Crippen LogP contribution in [0.25, 0.3) is 11.5 Å². The highest BCUT2D eigenvalue weighted by Gasteiger charge is 2.06. The maximum atomic E-state index is 5.63. The van der Waals surface area contributed by atoms with Crippen molar-refractivity contribution in [2.45, 2.75) is 6.42 Å². The van der Waals surface area contributed by atoms with E-state index in [0.29, 0.717) is 18.2 Å². The van der Waals surface area contributed by atoms with Crippen LogP contribution in [0.5, 0.6) is 5.75 Å². The van der Waals surface area contributed by atoms with Crippen LogP contribution >= 0.6 is 11.6 Å². The van der Waals surface area contributed by atoms with Crippen molar-refractivity contribution in [2.75, 3.05) is 13.0 Å². The van der Waals surface area contributed by atoms with E-state index in [9.17, 15) is 0 Å². The Hall–Kier alpha value is -1.48. The molecule has 1 heterocycles. The SMILES string of the molecule is COc1ccc(-c2ncc(CCCl)o2)cc1. The summed E-state index contributed by atoms with van der Waals surface area (Å²) < 4.78 is 10.6. The van der Waals surface area contributed by atoms with Crippen molar-refractivity contribution in [3.05, 3.63) is 36.2 Å². The maximum Gasteiger partial charge on any atom is 0.226 e. The fourth-order valence-electron chi connectivity index (χ4n) is 1.38. The van der Waals surface area contributed by atoms with Gasteiger partial charge in [0.2, 0.25) is 5.89 Å². The van der Waals surface area contributed by atoms with Crippen molar-refractivity contribution in [3.8, 4) is 17.2 Å². The minimum absolute atomic E-state index is 0.539. The smallest absolute Gasteiger partial charge is 0.226 e. The number of alkyl halides is 1. The average Bonchev–Trinajstić information content (AvgIpc) is 2.78. The third-order valence-corrected chi connectivity index (χ3v) is 2.42. The number of ether oxygens (including phenoxy) is 1. The number of hydrogen-bond acceptors (Lipinski definition) is 3. The van der Waals surface area contributed by atoms with Crippen molar-refractivity contribution >= 4 is 11.6 Å². The molecule has 0 amide bonds. The molecule has 0 aliphatic rings. The highest BCUT2D eigenvalue weighted by Crippen LogP contribution is 2.22. The van der Waals surface area contributed by atoms with Gasteiger partial charge in [-0.05, 0) is 24.3 Å². The third kappa shape index (κ3) is 2.36. The van der Waals surface area contributed by atoms with E-state index >= 15 is 0 Å². The van der Waals surface area contributed by atoms with Gasteiger partial charge < -0.3 is 9.15 Å². The first-order valence-corrected chi connectivity index (χ1v) is 5.52. The van der Waals surface area contributed by atoms with Crippen LogP contribution in [0.3, 0.4) is 0 Å². The topological polar surface area (TPSA) is 35.3 Å². The van der Waals surface area contributed by atoms with Crippen LogP contribution in [-0.4, -0.2) is 18.0 Å². The Balaban J connectivity index is 2.21. The molecule has 0 N–H and O–H groups in total. The van der Waals surface area contributed by atoms with Crippen LogP contribution in [0.15, 0.2) is 34.9 Å². The second-order valence-corrected chi connectivity index (χ2v) is 3.68. The summed E-state index contributed by atoms with van der Waals surface area (Å²) in [5, 5.41) is 0. The molecular formula is C12H12ClNO2. The molecule has 3 nitrogen and oxygen atoms in total. The van der Waals surface area contributed by atoms with Crippen LogP contribution in [0, 0.1) is 0 Å². The lowest BCUT2D eigenvalue weighted by atomic mass is 10.2. The lowest BCUT2D eigenvalue weighted by molar-refractivity contribution is 0.415. The van der Waals surface area contributed by atoms with Gasteiger partial charge in [-0.25, -0.2) is 4.98 Å². The Morgan fingerprint density at radius 3 is 2.69 bits per heavy atom. The van der Waals surface area contributed by atoms with Crippen molar-refractivity contribution in [2.24, 2.45) is 0 Å². The number of hydrogen-bond donors (Lipinski definition) is 0. The molecule has 0 saturated heterocycles. The van der Waals surface area contributed by atoms with Crippen LogP contribution in [0.4, 0.5) is 0 Å². The molecule has 1 aromatic heterocycles. The van der Waals surface area contributed by atoms with Crippen molar-refractivity contribution in [1.82, 2.24) is 4.98 Å². The first-order chi connectivity index (χ1) is 7.83. The van der Waals surface area contributed by atoms with E-state index in [1.165, 1.54) is 0 Å². The van der Waals surface area contributed by atoms with Crippen LogP contribution in [0.2, 0.25) is 0 Å². The summed E-state index contributed by atoms with van der Waals surface area (Å²) in [4.78, 5) is 4.19.